The van der Waals surface area contributed by atoms with Crippen molar-refractivity contribution in [3.8, 4) is 0 Å². The topological polar surface area (TPSA) is 72.9 Å². The number of likely N-dealkylation sites (N-methyl/N-ethyl adjacent to an activating group) is 1. The SMILES string of the molecule is CC(C)NC(=O)c1ccc(N2CCC(CCCN(C)C(=O)[C@](O)(c3ccccc3)C(F)F)CC2)cc1Cl. The molecule has 3 rings (SSSR count). The highest BCUT2D eigenvalue weighted by molar-refractivity contribution is 6.34. The van der Waals surface area contributed by atoms with Crippen molar-refractivity contribution >= 4 is 29.1 Å². The molecule has 1 fully saturated rings. The third kappa shape index (κ3) is 6.99. The van der Waals surface area contributed by atoms with Gasteiger partial charge in [-0.25, -0.2) is 8.78 Å². The van der Waals surface area contributed by atoms with Gasteiger partial charge in [0.25, 0.3) is 18.2 Å². The van der Waals surface area contributed by atoms with Crippen LogP contribution in [0.5, 0.6) is 0 Å². The number of carbonyl (C=O) groups excluding carboxylic acids is 2. The number of hydrogen-bond acceptors (Lipinski definition) is 4. The van der Waals surface area contributed by atoms with E-state index in [0.717, 1.165) is 38.0 Å². The van der Waals surface area contributed by atoms with Gasteiger partial charge in [0, 0.05) is 38.4 Å². The molecule has 6 nitrogen and oxygen atoms in total. The van der Waals surface area contributed by atoms with Gasteiger partial charge in [0.15, 0.2) is 0 Å². The van der Waals surface area contributed by atoms with Crippen LogP contribution in [-0.2, 0) is 10.4 Å². The maximum atomic E-state index is 13.8. The average Bonchev–Trinajstić information content (AvgIpc) is 2.87. The number of amides is 2. The van der Waals surface area contributed by atoms with E-state index in [0.29, 0.717) is 22.9 Å². The largest absolute Gasteiger partial charge is 0.371 e. The number of piperidine rings is 1. The number of nitrogens with one attached hydrogen (secondary N) is 1. The summed E-state index contributed by atoms with van der Waals surface area (Å²) in [6.07, 6.45) is 0.193. The fraction of sp³-hybridized carbons (Fsp3) is 0.500. The van der Waals surface area contributed by atoms with Crippen molar-refractivity contribution in [2.75, 3.05) is 31.6 Å². The first-order chi connectivity index (χ1) is 17.5. The quantitative estimate of drug-likeness (QED) is 0.445. The van der Waals surface area contributed by atoms with E-state index in [1.54, 1.807) is 12.1 Å². The fourth-order valence-electron chi connectivity index (χ4n) is 4.75. The van der Waals surface area contributed by atoms with Crippen LogP contribution < -0.4 is 10.2 Å². The molecule has 0 aromatic heterocycles. The van der Waals surface area contributed by atoms with Gasteiger partial charge >= 0.3 is 0 Å². The van der Waals surface area contributed by atoms with Gasteiger partial charge in [0.2, 0.25) is 5.60 Å². The summed E-state index contributed by atoms with van der Waals surface area (Å²) in [6.45, 7) is 5.76. The molecular weight excluding hydrogens is 500 g/mol. The van der Waals surface area contributed by atoms with Gasteiger partial charge in [-0.2, -0.15) is 0 Å². The minimum Gasteiger partial charge on any atom is -0.371 e. The van der Waals surface area contributed by atoms with Gasteiger partial charge in [-0.3, -0.25) is 9.59 Å². The third-order valence-electron chi connectivity index (χ3n) is 6.91. The number of anilines is 1. The summed E-state index contributed by atoms with van der Waals surface area (Å²) in [4.78, 5) is 28.5. The van der Waals surface area contributed by atoms with Crippen LogP contribution in [-0.4, -0.2) is 61.0 Å². The van der Waals surface area contributed by atoms with E-state index in [1.165, 1.54) is 36.2 Å². The van der Waals surface area contributed by atoms with Gasteiger partial charge in [0.05, 0.1) is 10.6 Å². The standard InChI is InChI=1S/C28H36ClF2N3O3/c1-19(2)32-25(35)23-12-11-22(18-24(23)29)34-16-13-20(14-17-34)8-7-15-33(3)27(36)28(37,26(30)31)21-9-5-4-6-10-21/h4-6,9-12,18-20,26,37H,7-8,13-17H2,1-3H3,(H,32,35)/t28-/m0/s1. The first-order valence-electron chi connectivity index (χ1n) is 12.7. The lowest BCUT2D eigenvalue weighted by molar-refractivity contribution is -0.170. The number of carbonyl (C=O) groups is 2. The molecular formula is C28H36ClF2N3O3. The Morgan fingerprint density at radius 3 is 2.38 bits per heavy atom. The van der Waals surface area contributed by atoms with Crippen molar-refractivity contribution in [3.05, 3.63) is 64.7 Å². The molecule has 2 aromatic carbocycles. The molecule has 0 bridgehead atoms. The Balaban J connectivity index is 1.49. The second-order valence-electron chi connectivity index (χ2n) is 10.0. The normalized spacial score (nSPS) is 16.1. The van der Waals surface area contributed by atoms with Gasteiger partial charge in [0.1, 0.15) is 0 Å². The van der Waals surface area contributed by atoms with Crippen LogP contribution in [0.3, 0.4) is 0 Å². The first-order valence-corrected chi connectivity index (χ1v) is 13.1. The summed E-state index contributed by atoms with van der Waals surface area (Å²) >= 11 is 6.39. The zero-order chi connectivity index (χ0) is 27.2. The van der Waals surface area contributed by atoms with Gasteiger partial charge in [-0.15, -0.1) is 0 Å². The van der Waals surface area contributed by atoms with Crippen molar-refractivity contribution in [2.45, 2.75) is 57.6 Å². The molecule has 1 saturated heterocycles. The Morgan fingerprint density at radius 2 is 1.81 bits per heavy atom. The van der Waals surface area contributed by atoms with Gasteiger partial charge in [-0.05, 0) is 69.2 Å². The summed E-state index contributed by atoms with van der Waals surface area (Å²) in [5.74, 6) is -0.732. The van der Waals surface area contributed by atoms with Crippen molar-refractivity contribution < 1.29 is 23.5 Å². The predicted molar refractivity (Wildman–Crippen MR) is 142 cm³/mol. The summed E-state index contributed by atoms with van der Waals surface area (Å²) in [7, 11) is 1.45. The lowest BCUT2D eigenvalue weighted by Gasteiger charge is -2.34. The Labute approximate surface area is 222 Å². The molecule has 0 radical (unpaired) electrons. The second-order valence-corrected chi connectivity index (χ2v) is 10.4. The van der Waals surface area contributed by atoms with Crippen LogP contribution in [0.4, 0.5) is 14.5 Å². The van der Waals surface area contributed by atoms with E-state index in [4.69, 9.17) is 11.6 Å². The molecule has 0 spiro atoms. The average molecular weight is 536 g/mol. The molecule has 0 aliphatic carbocycles. The highest BCUT2D eigenvalue weighted by Crippen LogP contribution is 2.32. The van der Waals surface area contributed by atoms with E-state index in [1.807, 2.05) is 26.0 Å². The number of halogens is 3. The van der Waals surface area contributed by atoms with Gasteiger partial charge < -0.3 is 20.2 Å². The van der Waals surface area contributed by atoms with Crippen LogP contribution in [0.2, 0.25) is 5.02 Å². The number of nitrogens with zero attached hydrogens (tertiary/aromatic N) is 2. The highest BCUT2D eigenvalue weighted by Gasteiger charge is 2.48. The van der Waals surface area contributed by atoms with Crippen LogP contribution in [0.15, 0.2) is 48.5 Å². The van der Waals surface area contributed by atoms with E-state index < -0.39 is 17.9 Å². The molecule has 2 N–H and O–H groups in total. The first kappa shape index (κ1) is 28.9. The maximum Gasteiger partial charge on any atom is 0.280 e. The van der Waals surface area contributed by atoms with E-state index in [9.17, 15) is 23.5 Å². The molecule has 37 heavy (non-hydrogen) atoms. The van der Waals surface area contributed by atoms with Gasteiger partial charge in [-0.1, -0.05) is 41.9 Å². The van der Waals surface area contributed by atoms with Crippen LogP contribution in [0.25, 0.3) is 0 Å². The minimum absolute atomic E-state index is 0.0273. The van der Waals surface area contributed by atoms with E-state index in [2.05, 4.69) is 10.2 Å². The Hall–Kier alpha value is -2.71. The molecule has 2 aromatic rings. The van der Waals surface area contributed by atoms with Crippen LogP contribution in [0, 0.1) is 5.92 Å². The predicted octanol–water partition coefficient (Wildman–Crippen LogP) is 5.09. The molecule has 0 unspecified atom stereocenters. The van der Waals surface area contributed by atoms with Crippen LogP contribution >= 0.6 is 11.6 Å². The molecule has 1 aliphatic heterocycles. The fourth-order valence-corrected chi connectivity index (χ4v) is 5.01. The summed E-state index contributed by atoms with van der Waals surface area (Å²) in [5.41, 5.74) is -1.53. The molecule has 1 heterocycles. The summed E-state index contributed by atoms with van der Waals surface area (Å²) in [6, 6.07) is 12.9. The molecule has 1 aliphatic rings. The second kappa shape index (κ2) is 12.7. The summed E-state index contributed by atoms with van der Waals surface area (Å²) in [5, 5.41) is 13.9. The molecule has 0 saturated carbocycles. The Bertz CT molecular complexity index is 1060. The smallest absolute Gasteiger partial charge is 0.280 e. The number of benzene rings is 2. The number of rotatable bonds is 10. The molecule has 1 atom stereocenters. The van der Waals surface area contributed by atoms with Crippen molar-refractivity contribution in [3.63, 3.8) is 0 Å². The number of hydrogen-bond donors (Lipinski definition) is 2. The minimum atomic E-state index is -3.23. The Morgan fingerprint density at radius 1 is 1.16 bits per heavy atom. The molecule has 2 amide bonds. The van der Waals surface area contributed by atoms with Crippen molar-refractivity contribution in [2.24, 2.45) is 5.92 Å². The lowest BCUT2D eigenvalue weighted by Crippen LogP contribution is -2.50. The van der Waals surface area contributed by atoms with Crippen molar-refractivity contribution in [1.29, 1.82) is 0 Å². The Kier molecular flexibility index (Phi) is 9.90. The monoisotopic (exact) mass is 535 g/mol. The zero-order valence-electron chi connectivity index (χ0n) is 21.6. The van der Waals surface area contributed by atoms with Crippen LogP contribution in [0.1, 0.15) is 55.5 Å². The molecule has 9 heteroatoms. The third-order valence-corrected chi connectivity index (χ3v) is 7.22. The highest BCUT2D eigenvalue weighted by atomic mass is 35.5. The number of alkyl halides is 2. The maximum absolute atomic E-state index is 13.8. The van der Waals surface area contributed by atoms with E-state index >= 15 is 0 Å². The van der Waals surface area contributed by atoms with E-state index in [-0.39, 0.29) is 24.1 Å². The molecule has 202 valence electrons. The number of aliphatic hydroxyl groups is 1. The van der Waals surface area contributed by atoms with Crippen molar-refractivity contribution in [1.82, 2.24) is 10.2 Å². The summed E-state index contributed by atoms with van der Waals surface area (Å²) < 4.78 is 27.6. The lowest BCUT2D eigenvalue weighted by atomic mass is 9.91. The zero-order valence-corrected chi connectivity index (χ0v) is 22.3.